The lowest BCUT2D eigenvalue weighted by atomic mass is 9.90. The zero-order valence-electron chi connectivity index (χ0n) is 11.7. The van der Waals surface area contributed by atoms with Crippen molar-refractivity contribution in [1.82, 2.24) is 4.90 Å². The molecule has 1 fully saturated rings. The van der Waals surface area contributed by atoms with Crippen LogP contribution in [0.1, 0.15) is 23.7 Å². The first-order valence-corrected chi connectivity index (χ1v) is 8.03. The van der Waals surface area contributed by atoms with Gasteiger partial charge in [0.2, 0.25) is 10.0 Å². The number of carbonyl (C=O) groups is 1. The molecule has 8 heteroatoms. The minimum Gasteiger partial charge on any atom is -0.338 e. The topological polar surface area (TPSA) is 106 Å². The zero-order chi connectivity index (χ0) is 15.8. The SMILES string of the molecule is CC1(CN)CCN(C(=O)c2ccc(S(N)(=O)=O)c(F)c2)C1. The van der Waals surface area contributed by atoms with E-state index in [1.807, 2.05) is 6.92 Å². The number of benzene rings is 1. The van der Waals surface area contributed by atoms with E-state index < -0.39 is 20.7 Å². The summed E-state index contributed by atoms with van der Waals surface area (Å²) in [5, 5.41) is 4.88. The van der Waals surface area contributed by atoms with Crippen molar-refractivity contribution >= 4 is 15.9 Å². The predicted molar refractivity (Wildman–Crippen MR) is 75.5 cm³/mol. The number of nitrogens with two attached hydrogens (primary N) is 2. The van der Waals surface area contributed by atoms with Gasteiger partial charge in [-0.25, -0.2) is 17.9 Å². The van der Waals surface area contributed by atoms with Gasteiger partial charge >= 0.3 is 0 Å². The number of amides is 1. The van der Waals surface area contributed by atoms with Gasteiger partial charge in [0.15, 0.2) is 0 Å². The van der Waals surface area contributed by atoms with Crippen molar-refractivity contribution in [3.8, 4) is 0 Å². The number of halogens is 1. The summed E-state index contributed by atoms with van der Waals surface area (Å²) in [6, 6.07) is 3.18. The van der Waals surface area contributed by atoms with Crippen molar-refractivity contribution in [1.29, 1.82) is 0 Å². The summed E-state index contributed by atoms with van der Waals surface area (Å²) in [6.07, 6.45) is 0.785. The van der Waals surface area contributed by atoms with Crippen LogP contribution in [0.4, 0.5) is 4.39 Å². The Morgan fingerprint density at radius 2 is 2.14 bits per heavy atom. The molecule has 1 heterocycles. The van der Waals surface area contributed by atoms with Crippen molar-refractivity contribution < 1.29 is 17.6 Å². The Morgan fingerprint density at radius 1 is 1.48 bits per heavy atom. The standard InChI is InChI=1S/C13H18FN3O3S/c1-13(7-15)4-5-17(8-13)12(18)9-2-3-11(10(14)6-9)21(16,19)20/h2-3,6H,4-5,7-8,15H2,1H3,(H2,16,19,20). The Morgan fingerprint density at radius 3 is 2.62 bits per heavy atom. The van der Waals surface area contributed by atoms with E-state index in [-0.39, 0.29) is 16.9 Å². The molecule has 21 heavy (non-hydrogen) atoms. The molecule has 116 valence electrons. The summed E-state index contributed by atoms with van der Waals surface area (Å²) in [5.41, 5.74) is 5.65. The molecule has 1 aliphatic heterocycles. The van der Waals surface area contributed by atoms with Gasteiger partial charge in [0.05, 0.1) is 0 Å². The average molecular weight is 315 g/mol. The molecule has 6 nitrogen and oxygen atoms in total. The van der Waals surface area contributed by atoms with E-state index in [9.17, 15) is 17.6 Å². The number of carbonyl (C=O) groups excluding carboxylic acids is 1. The molecule has 0 saturated carbocycles. The molecular weight excluding hydrogens is 297 g/mol. The van der Waals surface area contributed by atoms with Crippen LogP contribution < -0.4 is 10.9 Å². The molecule has 0 aliphatic carbocycles. The van der Waals surface area contributed by atoms with E-state index >= 15 is 0 Å². The molecule has 0 aromatic heterocycles. The lowest BCUT2D eigenvalue weighted by Crippen LogP contribution is -2.34. The number of sulfonamides is 1. The van der Waals surface area contributed by atoms with Gasteiger partial charge in [-0.15, -0.1) is 0 Å². The fourth-order valence-electron chi connectivity index (χ4n) is 2.41. The molecular formula is C13H18FN3O3S. The molecule has 0 bridgehead atoms. The minimum atomic E-state index is -4.13. The van der Waals surface area contributed by atoms with Gasteiger partial charge in [-0.1, -0.05) is 6.92 Å². The summed E-state index contributed by atoms with van der Waals surface area (Å²) in [7, 11) is -4.13. The molecule has 2 rings (SSSR count). The number of hydrogen-bond donors (Lipinski definition) is 2. The molecule has 1 amide bonds. The van der Waals surface area contributed by atoms with Crippen LogP contribution in [0, 0.1) is 11.2 Å². The van der Waals surface area contributed by atoms with Crippen LogP contribution in [0.15, 0.2) is 23.1 Å². The second-order valence-corrected chi connectivity index (χ2v) is 7.21. The van der Waals surface area contributed by atoms with Crippen molar-refractivity contribution in [2.24, 2.45) is 16.3 Å². The highest BCUT2D eigenvalue weighted by molar-refractivity contribution is 7.89. The van der Waals surface area contributed by atoms with Crippen LogP contribution in [-0.4, -0.2) is 38.9 Å². The van der Waals surface area contributed by atoms with Gasteiger partial charge in [0.1, 0.15) is 10.7 Å². The third-order valence-electron chi connectivity index (χ3n) is 3.82. The largest absolute Gasteiger partial charge is 0.338 e. The summed E-state index contributed by atoms with van der Waals surface area (Å²) < 4.78 is 36.0. The first kappa shape index (κ1) is 15.9. The van der Waals surface area contributed by atoms with Crippen LogP contribution in [0.2, 0.25) is 0 Å². The Bertz CT molecular complexity index is 677. The number of rotatable bonds is 3. The molecule has 1 aliphatic rings. The van der Waals surface area contributed by atoms with Gasteiger partial charge in [-0.3, -0.25) is 4.79 Å². The fraction of sp³-hybridized carbons (Fsp3) is 0.462. The first-order valence-electron chi connectivity index (χ1n) is 6.48. The summed E-state index contributed by atoms with van der Waals surface area (Å²) in [5.74, 6) is -1.36. The van der Waals surface area contributed by atoms with E-state index in [0.717, 1.165) is 18.6 Å². The van der Waals surface area contributed by atoms with Gasteiger partial charge < -0.3 is 10.6 Å². The summed E-state index contributed by atoms with van der Waals surface area (Å²) >= 11 is 0. The highest BCUT2D eigenvalue weighted by Gasteiger charge is 2.35. The van der Waals surface area contributed by atoms with E-state index in [1.165, 1.54) is 6.07 Å². The fourth-order valence-corrected chi connectivity index (χ4v) is 3.00. The number of likely N-dealkylation sites (tertiary alicyclic amines) is 1. The molecule has 1 aromatic carbocycles. The Kier molecular flexibility index (Phi) is 4.05. The van der Waals surface area contributed by atoms with Gasteiger partial charge in [-0.2, -0.15) is 0 Å². The number of primary sulfonamides is 1. The maximum atomic E-state index is 13.8. The Labute approximate surface area is 123 Å². The van der Waals surface area contributed by atoms with Gasteiger partial charge in [0, 0.05) is 18.7 Å². The summed E-state index contributed by atoms with van der Waals surface area (Å²) in [4.78, 5) is 13.3. The molecule has 1 atom stereocenters. The van der Waals surface area contributed by atoms with Gasteiger partial charge in [-0.05, 0) is 36.6 Å². The third-order valence-corrected chi connectivity index (χ3v) is 4.77. The first-order chi connectivity index (χ1) is 9.66. The zero-order valence-corrected chi connectivity index (χ0v) is 12.5. The van der Waals surface area contributed by atoms with Crippen LogP contribution in [-0.2, 0) is 10.0 Å². The molecule has 0 radical (unpaired) electrons. The van der Waals surface area contributed by atoms with Crippen molar-refractivity contribution in [2.75, 3.05) is 19.6 Å². The minimum absolute atomic E-state index is 0.0983. The molecule has 0 spiro atoms. The Balaban J connectivity index is 2.24. The van der Waals surface area contributed by atoms with Crippen molar-refractivity contribution in [3.05, 3.63) is 29.6 Å². The summed E-state index contributed by atoms with van der Waals surface area (Å²) in [6.45, 7) is 3.51. The van der Waals surface area contributed by atoms with Crippen molar-refractivity contribution in [3.63, 3.8) is 0 Å². The molecule has 4 N–H and O–H groups in total. The van der Waals surface area contributed by atoms with E-state index in [2.05, 4.69) is 0 Å². The molecule has 1 unspecified atom stereocenters. The predicted octanol–water partition coefficient (Wildman–Crippen LogP) is 0.284. The molecule has 1 saturated heterocycles. The second-order valence-electron chi connectivity index (χ2n) is 5.68. The maximum Gasteiger partial charge on any atom is 0.253 e. The lowest BCUT2D eigenvalue weighted by molar-refractivity contribution is 0.0776. The molecule has 1 aromatic rings. The lowest BCUT2D eigenvalue weighted by Gasteiger charge is -2.22. The highest BCUT2D eigenvalue weighted by atomic mass is 32.2. The maximum absolute atomic E-state index is 13.8. The van der Waals surface area contributed by atoms with Crippen LogP contribution in [0.5, 0.6) is 0 Å². The normalized spacial score (nSPS) is 22.6. The quantitative estimate of drug-likeness (QED) is 0.835. The highest BCUT2D eigenvalue weighted by Crippen LogP contribution is 2.29. The van der Waals surface area contributed by atoms with Crippen LogP contribution in [0.25, 0.3) is 0 Å². The monoisotopic (exact) mass is 315 g/mol. The van der Waals surface area contributed by atoms with E-state index in [0.29, 0.717) is 19.6 Å². The Hall–Kier alpha value is -1.51. The van der Waals surface area contributed by atoms with E-state index in [4.69, 9.17) is 10.9 Å². The second kappa shape index (κ2) is 5.36. The van der Waals surface area contributed by atoms with Crippen LogP contribution in [0.3, 0.4) is 0 Å². The smallest absolute Gasteiger partial charge is 0.253 e. The number of nitrogens with zero attached hydrogens (tertiary/aromatic N) is 1. The van der Waals surface area contributed by atoms with E-state index in [1.54, 1.807) is 4.90 Å². The average Bonchev–Trinajstić information content (AvgIpc) is 2.80. The third kappa shape index (κ3) is 3.22. The van der Waals surface area contributed by atoms with Gasteiger partial charge in [0.25, 0.3) is 5.91 Å². The number of hydrogen-bond acceptors (Lipinski definition) is 4. The van der Waals surface area contributed by atoms with Crippen molar-refractivity contribution in [2.45, 2.75) is 18.2 Å². The van der Waals surface area contributed by atoms with Crippen LogP contribution >= 0.6 is 0 Å².